The summed E-state index contributed by atoms with van der Waals surface area (Å²) in [6, 6.07) is 13.5. The maximum Gasteiger partial charge on any atom is 0.362 e. The molecule has 0 aliphatic heterocycles. The van der Waals surface area contributed by atoms with Crippen LogP contribution in [0.1, 0.15) is 23.0 Å². The van der Waals surface area contributed by atoms with Crippen LogP contribution in [0.4, 0.5) is 0 Å². The van der Waals surface area contributed by atoms with Gasteiger partial charge in [0.15, 0.2) is 0 Å². The molecule has 140 valence electrons. The molecule has 1 N–H and O–H groups in total. The Balaban J connectivity index is 1.92. The van der Waals surface area contributed by atoms with Gasteiger partial charge in [0.25, 0.3) is 5.88 Å². The average molecular weight is 369 g/mol. The highest BCUT2D eigenvalue weighted by Crippen LogP contribution is 2.26. The summed E-state index contributed by atoms with van der Waals surface area (Å²) in [5.74, 6) is 0.661. The van der Waals surface area contributed by atoms with Crippen molar-refractivity contribution in [2.75, 3.05) is 13.7 Å². The molecule has 3 aromatic rings. The molecule has 0 saturated carbocycles. The molecule has 0 aliphatic rings. The number of phenols is 1. The summed E-state index contributed by atoms with van der Waals surface area (Å²) in [7, 11) is 1.59. The molecule has 3 rings (SSSR count). The third-order valence-electron chi connectivity index (χ3n) is 3.69. The van der Waals surface area contributed by atoms with E-state index in [4.69, 9.17) is 14.2 Å². The highest BCUT2D eigenvalue weighted by Gasteiger charge is 2.24. The number of carbonyl (C=O) groups is 1. The SMILES string of the molecule is CCOC(=O)c1c(Oc2ccc(O)cc2)nnn1Cc1cccc(OC)c1. The third-order valence-corrected chi connectivity index (χ3v) is 3.69. The minimum Gasteiger partial charge on any atom is -0.508 e. The molecular weight excluding hydrogens is 350 g/mol. The van der Waals surface area contributed by atoms with Crippen LogP contribution in [0.2, 0.25) is 0 Å². The minimum atomic E-state index is -0.584. The van der Waals surface area contributed by atoms with Crippen molar-refractivity contribution in [1.82, 2.24) is 15.0 Å². The first-order valence-corrected chi connectivity index (χ1v) is 8.31. The van der Waals surface area contributed by atoms with Crippen LogP contribution in [0.15, 0.2) is 48.5 Å². The van der Waals surface area contributed by atoms with Crippen LogP contribution in [0.25, 0.3) is 0 Å². The number of aromatic nitrogens is 3. The zero-order valence-electron chi connectivity index (χ0n) is 15.0. The number of rotatable bonds is 7. The van der Waals surface area contributed by atoms with E-state index < -0.39 is 5.97 Å². The highest BCUT2D eigenvalue weighted by molar-refractivity contribution is 5.90. The van der Waals surface area contributed by atoms with E-state index >= 15 is 0 Å². The molecule has 1 aromatic heterocycles. The Bertz CT molecular complexity index is 921. The summed E-state index contributed by atoms with van der Waals surface area (Å²) in [5.41, 5.74) is 0.980. The summed E-state index contributed by atoms with van der Waals surface area (Å²) < 4.78 is 17.4. The predicted octanol–water partition coefficient (Wildman–Crippen LogP) is 3.01. The molecule has 0 spiro atoms. The maximum absolute atomic E-state index is 12.4. The third kappa shape index (κ3) is 4.35. The molecule has 0 saturated heterocycles. The number of ether oxygens (including phenoxy) is 3. The minimum absolute atomic E-state index is 0.0297. The second-order valence-corrected chi connectivity index (χ2v) is 5.57. The van der Waals surface area contributed by atoms with Gasteiger partial charge in [0, 0.05) is 0 Å². The van der Waals surface area contributed by atoms with E-state index in [-0.39, 0.29) is 30.5 Å². The van der Waals surface area contributed by atoms with E-state index in [0.717, 1.165) is 5.56 Å². The molecule has 0 atom stereocenters. The van der Waals surface area contributed by atoms with Crippen LogP contribution < -0.4 is 9.47 Å². The van der Waals surface area contributed by atoms with Gasteiger partial charge in [0.2, 0.25) is 5.69 Å². The summed E-state index contributed by atoms with van der Waals surface area (Å²) in [5, 5.41) is 17.4. The maximum atomic E-state index is 12.4. The van der Waals surface area contributed by atoms with Crippen molar-refractivity contribution in [2.45, 2.75) is 13.5 Å². The zero-order chi connectivity index (χ0) is 19.2. The molecule has 0 fully saturated rings. The van der Waals surface area contributed by atoms with E-state index in [1.54, 1.807) is 26.2 Å². The smallest absolute Gasteiger partial charge is 0.362 e. The number of phenolic OH excluding ortho intramolecular Hbond substituents is 1. The van der Waals surface area contributed by atoms with Gasteiger partial charge < -0.3 is 19.3 Å². The van der Waals surface area contributed by atoms with Gasteiger partial charge in [0.05, 0.1) is 20.3 Å². The highest BCUT2D eigenvalue weighted by atomic mass is 16.5. The fourth-order valence-electron chi connectivity index (χ4n) is 2.44. The van der Waals surface area contributed by atoms with Gasteiger partial charge >= 0.3 is 5.97 Å². The lowest BCUT2D eigenvalue weighted by atomic mass is 10.2. The van der Waals surface area contributed by atoms with Crippen LogP contribution in [-0.2, 0) is 11.3 Å². The molecule has 8 nitrogen and oxygen atoms in total. The Morgan fingerprint density at radius 3 is 2.63 bits per heavy atom. The number of hydrogen-bond donors (Lipinski definition) is 1. The normalized spacial score (nSPS) is 10.4. The summed E-state index contributed by atoms with van der Waals surface area (Å²) in [6.45, 7) is 2.22. The lowest BCUT2D eigenvalue weighted by Gasteiger charge is -2.09. The van der Waals surface area contributed by atoms with Gasteiger partial charge in [-0.3, -0.25) is 0 Å². The largest absolute Gasteiger partial charge is 0.508 e. The van der Waals surface area contributed by atoms with Crippen LogP contribution in [0.3, 0.4) is 0 Å². The molecule has 0 bridgehead atoms. The van der Waals surface area contributed by atoms with Gasteiger partial charge in [-0.1, -0.05) is 22.4 Å². The van der Waals surface area contributed by atoms with Crippen molar-refractivity contribution in [3.63, 3.8) is 0 Å². The van der Waals surface area contributed by atoms with Gasteiger partial charge in [-0.05, 0) is 48.9 Å². The second kappa shape index (κ2) is 8.22. The Kier molecular flexibility index (Phi) is 5.55. The Hall–Kier alpha value is -3.55. The topological polar surface area (TPSA) is 95.7 Å². The summed E-state index contributed by atoms with van der Waals surface area (Å²) in [6.07, 6.45) is 0. The number of aromatic hydroxyl groups is 1. The quantitative estimate of drug-likeness (QED) is 0.640. The fraction of sp³-hybridized carbons (Fsp3) is 0.211. The number of carbonyl (C=O) groups excluding carboxylic acids is 1. The standard InChI is InChI=1S/C19H19N3O5/c1-3-26-19(24)17-18(27-15-9-7-14(23)8-10-15)20-21-22(17)12-13-5-4-6-16(11-13)25-2/h4-11,23H,3,12H2,1-2H3. The molecule has 1 heterocycles. The van der Waals surface area contributed by atoms with E-state index in [9.17, 15) is 9.90 Å². The van der Waals surface area contributed by atoms with Crippen molar-refractivity contribution in [1.29, 1.82) is 0 Å². The van der Waals surface area contributed by atoms with E-state index in [1.807, 2.05) is 24.3 Å². The number of nitrogens with zero attached hydrogens (tertiary/aromatic N) is 3. The molecule has 8 heteroatoms. The molecular formula is C19H19N3O5. The van der Waals surface area contributed by atoms with Crippen LogP contribution in [0.5, 0.6) is 23.1 Å². The number of esters is 1. The zero-order valence-corrected chi connectivity index (χ0v) is 15.0. The monoisotopic (exact) mass is 369 g/mol. The first-order chi connectivity index (χ1) is 13.1. The van der Waals surface area contributed by atoms with Crippen molar-refractivity contribution < 1.29 is 24.1 Å². The van der Waals surface area contributed by atoms with Gasteiger partial charge in [-0.2, -0.15) is 0 Å². The summed E-state index contributed by atoms with van der Waals surface area (Å²) >= 11 is 0. The van der Waals surface area contributed by atoms with Gasteiger partial charge in [0.1, 0.15) is 17.2 Å². The summed E-state index contributed by atoms with van der Waals surface area (Å²) in [4.78, 5) is 12.4. The van der Waals surface area contributed by atoms with Crippen molar-refractivity contribution in [3.05, 3.63) is 59.8 Å². The molecule has 0 amide bonds. The average Bonchev–Trinajstić information content (AvgIpc) is 3.06. The Morgan fingerprint density at radius 2 is 1.93 bits per heavy atom. The number of hydrogen-bond acceptors (Lipinski definition) is 7. The van der Waals surface area contributed by atoms with Crippen molar-refractivity contribution in [3.8, 4) is 23.1 Å². The van der Waals surface area contributed by atoms with Crippen molar-refractivity contribution in [2.24, 2.45) is 0 Å². The molecule has 2 aromatic carbocycles. The lowest BCUT2D eigenvalue weighted by Crippen LogP contribution is -2.15. The Labute approximate surface area is 155 Å². The second-order valence-electron chi connectivity index (χ2n) is 5.57. The van der Waals surface area contributed by atoms with E-state index in [1.165, 1.54) is 16.8 Å². The van der Waals surface area contributed by atoms with Crippen LogP contribution in [0, 0.1) is 0 Å². The molecule has 0 unspecified atom stereocenters. The van der Waals surface area contributed by atoms with Crippen LogP contribution >= 0.6 is 0 Å². The number of benzene rings is 2. The Morgan fingerprint density at radius 1 is 1.15 bits per heavy atom. The first kappa shape index (κ1) is 18.2. The van der Waals surface area contributed by atoms with E-state index in [0.29, 0.717) is 11.5 Å². The fourth-order valence-corrected chi connectivity index (χ4v) is 2.44. The first-order valence-electron chi connectivity index (χ1n) is 8.31. The molecule has 0 radical (unpaired) electrons. The number of methoxy groups -OCH3 is 1. The van der Waals surface area contributed by atoms with Crippen LogP contribution in [-0.4, -0.2) is 39.8 Å². The van der Waals surface area contributed by atoms with Crippen molar-refractivity contribution >= 4 is 5.97 Å². The molecule has 0 aliphatic carbocycles. The molecule has 27 heavy (non-hydrogen) atoms. The predicted molar refractivity (Wildman–Crippen MR) is 96.3 cm³/mol. The van der Waals surface area contributed by atoms with Gasteiger partial charge in [-0.15, -0.1) is 0 Å². The van der Waals surface area contributed by atoms with Gasteiger partial charge in [-0.25, -0.2) is 9.48 Å². The van der Waals surface area contributed by atoms with E-state index in [2.05, 4.69) is 10.3 Å². The lowest BCUT2D eigenvalue weighted by molar-refractivity contribution is 0.0509.